The maximum Gasteiger partial charge on any atom is 0.318 e. The van der Waals surface area contributed by atoms with Crippen molar-refractivity contribution in [3.8, 4) is 0 Å². The van der Waals surface area contributed by atoms with E-state index in [1.54, 1.807) is 11.0 Å². The van der Waals surface area contributed by atoms with Crippen molar-refractivity contribution in [2.75, 3.05) is 11.9 Å². The lowest BCUT2D eigenvalue weighted by Gasteiger charge is -2.25. The van der Waals surface area contributed by atoms with Crippen molar-refractivity contribution < 1.29 is 14.0 Å². The molecule has 2 aromatic rings. The molecular formula is C19H22FN5O2S. The Bertz CT molecular complexity index is 868. The van der Waals surface area contributed by atoms with Crippen LogP contribution < -0.4 is 10.6 Å². The molecule has 28 heavy (non-hydrogen) atoms. The minimum Gasteiger partial charge on any atom is -0.335 e. The summed E-state index contributed by atoms with van der Waals surface area (Å²) >= 11 is 1.18. The van der Waals surface area contributed by atoms with Gasteiger partial charge in [-0.1, -0.05) is 30.2 Å². The molecule has 2 aliphatic rings. The Balaban J connectivity index is 1.42. The van der Waals surface area contributed by atoms with Gasteiger partial charge in [-0.2, -0.15) is 0 Å². The molecule has 1 saturated carbocycles. The third kappa shape index (κ3) is 4.14. The van der Waals surface area contributed by atoms with Crippen molar-refractivity contribution in [2.45, 2.75) is 50.6 Å². The van der Waals surface area contributed by atoms with Crippen LogP contribution in [0, 0.1) is 5.82 Å². The summed E-state index contributed by atoms with van der Waals surface area (Å²) in [6.45, 7) is 0.674. The van der Waals surface area contributed by atoms with E-state index in [9.17, 15) is 14.0 Å². The van der Waals surface area contributed by atoms with Crippen LogP contribution in [-0.4, -0.2) is 39.6 Å². The van der Waals surface area contributed by atoms with Gasteiger partial charge < -0.3 is 15.5 Å². The van der Waals surface area contributed by atoms with Crippen molar-refractivity contribution >= 4 is 29.0 Å². The maximum atomic E-state index is 13.3. The lowest BCUT2D eigenvalue weighted by Crippen LogP contribution is -2.43. The highest BCUT2D eigenvalue weighted by Gasteiger charge is 2.34. The van der Waals surface area contributed by atoms with Crippen LogP contribution in [0.5, 0.6) is 0 Å². The fourth-order valence-corrected chi connectivity index (χ4v) is 4.69. The molecule has 1 aliphatic carbocycles. The van der Waals surface area contributed by atoms with E-state index in [1.165, 1.54) is 29.5 Å². The smallest absolute Gasteiger partial charge is 0.318 e. The Morgan fingerprint density at radius 2 is 1.96 bits per heavy atom. The fraction of sp³-hybridized carbons (Fsp3) is 0.474. The molecule has 2 N–H and O–H groups in total. The second-order valence-electron chi connectivity index (χ2n) is 7.19. The normalized spacial score (nSPS) is 19.8. The first-order chi connectivity index (χ1) is 13.6. The van der Waals surface area contributed by atoms with Gasteiger partial charge in [0.25, 0.3) is 5.91 Å². The molecule has 7 nitrogen and oxygen atoms in total. The van der Waals surface area contributed by atoms with Crippen LogP contribution in [0.4, 0.5) is 14.9 Å². The zero-order valence-corrected chi connectivity index (χ0v) is 16.2. The second-order valence-corrected chi connectivity index (χ2v) is 8.20. The zero-order valence-electron chi connectivity index (χ0n) is 15.4. The molecule has 1 aromatic heterocycles. The molecule has 2 heterocycles. The summed E-state index contributed by atoms with van der Waals surface area (Å²) in [6.07, 6.45) is 6.09. The molecule has 1 aliphatic heterocycles. The number of aromatic nitrogens is 2. The fourth-order valence-electron chi connectivity index (χ4n) is 3.81. The van der Waals surface area contributed by atoms with Crippen LogP contribution in [0.3, 0.4) is 0 Å². The molecule has 2 fully saturated rings. The van der Waals surface area contributed by atoms with E-state index in [2.05, 4.69) is 20.8 Å². The number of carbonyl (C=O) groups excluding carboxylic acids is 2. The first kappa shape index (κ1) is 18.8. The maximum absolute atomic E-state index is 13.3. The van der Waals surface area contributed by atoms with Crippen LogP contribution in [0.15, 0.2) is 24.3 Å². The minimum absolute atomic E-state index is 0.0598. The van der Waals surface area contributed by atoms with Gasteiger partial charge in [0.15, 0.2) is 0 Å². The highest BCUT2D eigenvalue weighted by molar-refractivity contribution is 7.13. The largest absolute Gasteiger partial charge is 0.335 e. The second kappa shape index (κ2) is 8.22. The number of anilines is 1. The number of hydrogen-bond donors (Lipinski definition) is 2. The van der Waals surface area contributed by atoms with Gasteiger partial charge in [0, 0.05) is 18.3 Å². The summed E-state index contributed by atoms with van der Waals surface area (Å²) in [6, 6.07) is 5.72. The predicted octanol–water partition coefficient (Wildman–Crippen LogP) is 3.72. The van der Waals surface area contributed by atoms with Crippen molar-refractivity contribution in [1.29, 1.82) is 0 Å². The Hall–Kier alpha value is -2.55. The van der Waals surface area contributed by atoms with Gasteiger partial charge in [-0.3, -0.25) is 4.79 Å². The number of benzene rings is 1. The van der Waals surface area contributed by atoms with Crippen LogP contribution in [0.2, 0.25) is 0 Å². The number of urea groups is 1. The van der Waals surface area contributed by atoms with Crippen molar-refractivity contribution in [2.24, 2.45) is 0 Å². The number of amides is 3. The van der Waals surface area contributed by atoms with E-state index in [-0.39, 0.29) is 23.1 Å². The van der Waals surface area contributed by atoms with Crippen LogP contribution >= 0.6 is 11.3 Å². The SMILES string of the molecule is O=C(Nc1cccc(F)c1)c1nnc([C@@H]2CCCN2C(=O)NC2CCCC2)s1. The molecule has 0 bridgehead atoms. The standard InChI is InChI=1S/C19H22FN5O2S/c20-12-5-3-8-14(11-12)21-16(26)18-24-23-17(28-18)15-9-4-10-25(15)19(27)22-13-6-1-2-7-13/h3,5,8,11,13,15H,1-2,4,6-7,9-10H2,(H,21,26)(H,22,27)/t15-/m0/s1. The molecule has 0 spiro atoms. The third-order valence-electron chi connectivity index (χ3n) is 5.20. The first-order valence-corrected chi connectivity index (χ1v) is 10.4. The Morgan fingerprint density at radius 1 is 1.14 bits per heavy atom. The molecule has 9 heteroatoms. The van der Waals surface area contributed by atoms with E-state index in [4.69, 9.17) is 0 Å². The van der Waals surface area contributed by atoms with Gasteiger partial charge in [0.2, 0.25) is 5.01 Å². The molecular weight excluding hydrogens is 381 g/mol. The number of halogens is 1. The summed E-state index contributed by atoms with van der Waals surface area (Å²) in [7, 11) is 0. The highest BCUT2D eigenvalue weighted by Crippen LogP contribution is 2.34. The van der Waals surface area contributed by atoms with E-state index in [0.717, 1.165) is 38.5 Å². The Labute approximate surface area is 166 Å². The third-order valence-corrected chi connectivity index (χ3v) is 6.22. The quantitative estimate of drug-likeness (QED) is 0.815. The van der Waals surface area contributed by atoms with Crippen LogP contribution in [0.1, 0.15) is 59.4 Å². The van der Waals surface area contributed by atoms with Gasteiger partial charge in [-0.15, -0.1) is 10.2 Å². The average molecular weight is 403 g/mol. The lowest BCUT2D eigenvalue weighted by molar-refractivity contribution is 0.102. The average Bonchev–Trinajstić information content (AvgIpc) is 3.42. The number of hydrogen-bond acceptors (Lipinski definition) is 5. The van der Waals surface area contributed by atoms with E-state index >= 15 is 0 Å². The number of nitrogens with zero attached hydrogens (tertiary/aromatic N) is 3. The Morgan fingerprint density at radius 3 is 2.75 bits per heavy atom. The van der Waals surface area contributed by atoms with Gasteiger partial charge in [-0.05, 0) is 43.9 Å². The summed E-state index contributed by atoms with van der Waals surface area (Å²) in [5.74, 6) is -0.861. The summed E-state index contributed by atoms with van der Waals surface area (Å²) in [5.41, 5.74) is 0.361. The van der Waals surface area contributed by atoms with Gasteiger partial charge >= 0.3 is 6.03 Å². The topological polar surface area (TPSA) is 87.2 Å². The van der Waals surface area contributed by atoms with Crippen molar-refractivity contribution in [1.82, 2.24) is 20.4 Å². The molecule has 1 atom stereocenters. The van der Waals surface area contributed by atoms with E-state index < -0.39 is 11.7 Å². The molecule has 4 rings (SSSR count). The number of likely N-dealkylation sites (tertiary alicyclic amines) is 1. The van der Waals surface area contributed by atoms with Crippen molar-refractivity contribution in [3.05, 3.63) is 40.1 Å². The first-order valence-electron chi connectivity index (χ1n) is 9.57. The van der Waals surface area contributed by atoms with Gasteiger partial charge in [-0.25, -0.2) is 9.18 Å². The molecule has 0 radical (unpaired) electrons. The summed E-state index contributed by atoms with van der Waals surface area (Å²) < 4.78 is 13.3. The van der Waals surface area contributed by atoms with Crippen LogP contribution in [-0.2, 0) is 0 Å². The molecule has 3 amide bonds. The molecule has 148 valence electrons. The molecule has 1 aromatic carbocycles. The predicted molar refractivity (Wildman–Crippen MR) is 104 cm³/mol. The number of rotatable bonds is 4. The zero-order chi connectivity index (χ0) is 19.5. The molecule has 0 unspecified atom stereocenters. The lowest BCUT2D eigenvalue weighted by atomic mass is 10.2. The number of nitrogens with one attached hydrogen (secondary N) is 2. The van der Waals surface area contributed by atoms with Gasteiger partial charge in [0.1, 0.15) is 10.8 Å². The Kier molecular flexibility index (Phi) is 5.52. The molecule has 1 saturated heterocycles. The summed E-state index contributed by atoms with van der Waals surface area (Å²) in [5, 5.41) is 14.7. The monoisotopic (exact) mass is 403 g/mol. The van der Waals surface area contributed by atoms with Gasteiger partial charge in [0.05, 0.1) is 6.04 Å². The summed E-state index contributed by atoms with van der Waals surface area (Å²) in [4.78, 5) is 26.8. The number of carbonyl (C=O) groups is 2. The van der Waals surface area contributed by atoms with E-state index in [1.807, 2.05) is 0 Å². The van der Waals surface area contributed by atoms with E-state index in [0.29, 0.717) is 17.2 Å². The van der Waals surface area contributed by atoms with Crippen LogP contribution in [0.25, 0.3) is 0 Å². The van der Waals surface area contributed by atoms with Crippen molar-refractivity contribution in [3.63, 3.8) is 0 Å². The highest BCUT2D eigenvalue weighted by atomic mass is 32.1. The minimum atomic E-state index is -0.436.